The lowest BCUT2D eigenvalue weighted by atomic mass is 10.0. The molecule has 2 unspecified atom stereocenters. The van der Waals surface area contributed by atoms with Gasteiger partial charge in [-0.25, -0.2) is 13.6 Å². The molecule has 0 aromatic heterocycles. The van der Waals surface area contributed by atoms with E-state index in [4.69, 9.17) is 10.9 Å². The Morgan fingerprint density at radius 3 is 2.59 bits per heavy atom. The summed E-state index contributed by atoms with van der Waals surface area (Å²) in [5.74, 6) is -0.544. The molecule has 1 aromatic carbocycles. The van der Waals surface area contributed by atoms with E-state index in [9.17, 15) is 18.0 Å². The molecule has 27 heavy (non-hydrogen) atoms. The molecule has 0 saturated carbocycles. The minimum Gasteiger partial charge on any atom is -0.352 e. The number of hydrogen-bond acceptors (Lipinski definition) is 5. The highest BCUT2D eigenvalue weighted by Crippen LogP contribution is 2.27. The van der Waals surface area contributed by atoms with Crippen molar-refractivity contribution in [3.8, 4) is 0 Å². The third-order valence-electron chi connectivity index (χ3n) is 4.34. The van der Waals surface area contributed by atoms with Gasteiger partial charge in [-0.15, -0.1) is 12.4 Å². The summed E-state index contributed by atoms with van der Waals surface area (Å²) >= 11 is 0. The van der Waals surface area contributed by atoms with Crippen LogP contribution in [-0.4, -0.2) is 39.4 Å². The van der Waals surface area contributed by atoms with Crippen LogP contribution in [0.25, 0.3) is 0 Å². The quantitative estimate of drug-likeness (QED) is 0.595. The largest absolute Gasteiger partial charge is 0.352 e. The van der Waals surface area contributed by atoms with Crippen molar-refractivity contribution >= 4 is 39.9 Å². The van der Waals surface area contributed by atoms with E-state index >= 15 is 0 Å². The zero-order chi connectivity index (χ0) is 19.5. The molecule has 1 heterocycles. The van der Waals surface area contributed by atoms with E-state index in [-0.39, 0.29) is 48.1 Å². The zero-order valence-electron chi connectivity index (χ0n) is 15.4. The smallest absolute Gasteiger partial charge is 0.238 e. The van der Waals surface area contributed by atoms with Gasteiger partial charge in [0, 0.05) is 31.2 Å². The van der Waals surface area contributed by atoms with Gasteiger partial charge in [0.05, 0.1) is 10.8 Å². The summed E-state index contributed by atoms with van der Waals surface area (Å²) in [6.45, 7) is 4.63. The summed E-state index contributed by atoms with van der Waals surface area (Å²) < 4.78 is 23.0. The summed E-state index contributed by atoms with van der Waals surface area (Å²) in [4.78, 5) is 26.1. The Kier molecular flexibility index (Phi) is 8.22. The molecular weight excluding hydrogens is 392 g/mol. The van der Waals surface area contributed by atoms with Crippen LogP contribution in [0.3, 0.4) is 0 Å². The Bertz CT molecular complexity index is 785. The van der Waals surface area contributed by atoms with E-state index < -0.39 is 15.9 Å². The van der Waals surface area contributed by atoms with Gasteiger partial charge in [0.25, 0.3) is 0 Å². The summed E-state index contributed by atoms with van der Waals surface area (Å²) in [6.07, 6.45) is 0.841. The number of nitrogens with one attached hydrogen (secondary N) is 1. The number of amides is 2. The van der Waals surface area contributed by atoms with Crippen molar-refractivity contribution in [1.82, 2.24) is 5.32 Å². The Morgan fingerprint density at radius 2 is 2.04 bits per heavy atom. The van der Waals surface area contributed by atoms with Gasteiger partial charge in [0.1, 0.15) is 0 Å². The van der Waals surface area contributed by atoms with Gasteiger partial charge >= 0.3 is 0 Å². The molecule has 2 amide bonds. The second-order valence-electron chi connectivity index (χ2n) is 7.02. The minimum atomic E-state index is -3.86. The second-order valence-corrected chi connectivity index (χ2v) is 8.58. The van der Waals surface area contributed by atoms with Crippen LogP contribution in [0.15, 0.2) is 29.2 Å². The van der Waals surface area contributed by atoms with Gasteiger partial charge in [0.2, 0.25) is 21.8 Å². The maximum Gasteiger partial charge on any atom is 0.238 e. The zero-order valence-corrected chi connectivity index (χ0v) is 17.1. The van der Waals surface area contributed by atoms with Gasteiger partial charge in [-0.2, -0.15) is 0 Å². The van der Waals surface area contributed by atoms with Crippen LogP contribution in [0.4, 0.5) is 5.69 Å². The van der Waals surface area contributed by atoms with Gasteiger partial charge in [-0.1, -0.05) is 19.9 Å². The molecule has 8 nitrogen and oxygen atoms in total. The third kappa shape index (κ3) is 6.17. The van der Waals surface area contributed by atoms with Crippen molar-refractivity contribution in [3.05, 3.63) is 24.3 Å². The lowest BCUT2D eigenvalue weighted by Gasteiger charge is -2.21. The predicted molar refractivity (Wildman–Crippen MR) is 106 cm³/mol. The fourth-order valence-corrected chi connectivity index (χ4v) is 3.62. The predicted octanol–water partition coefficient (Wildman–Crippen LogP) is 0.598. The molecule has 2 rings (SSSR count). The first-order valence-corrected chi connectivity index (χ1v) is 10.1. The third-order valence-corrected chi connectivity index (χ3v) is 5.25. The molecule has 1 fully saturated rings. The number of nitrogens with two attached hydrogens (primary N) is 2. The van der Waals surface area contributed by atoms with Crippen LogP contribution >= 0.6 is 12.4 Å². The van der Waals surface area contributed by atoms with Gasteiger partial charge in [-0.05, 0) is 30.5 Å². The van der Waals surface area contributed by atoms with E-state index in [2.05, 4.69) is 5.32 Å². The Labute approximate surface area is 166 Å². The monoisotopic (exact) mass is 418 g/mol. The minimum absolute atomic E-state index is 0. The van der Waals surface area contributed by atoms with E-state index in [1.165, 1.54) is 23.1 Å². The number of carbonyl (C=O) groups is 2. The number of halogens is 1. The highest BCUT2D eigenvalue weighted by atomic mass is 35.5. The van der Waals surface area contributed by atoms with Crippen molar-refractivity contribution in [2.45, 2.75) is 37.6 Å². The van der Waals surface area contributed by atoms with Crippen LogP contribution < -0.4 is 21.1 Å². The Hall–Kier alpha value is -1.68. The van der Waals surface area contributed by atoms with Gasteiger partial charge in [-0.3, -0.25) is 9.59 Å². The van der Waals surface area contributed by atoms with Crippen molar-refractivity contribution < 1.29 is 18.0 Å². The maximum absolute atomic E-state index is 12.5. The number of benzene rings is 1. The standard InChI is InChI=1S/C17H26N4O4S.ClH/c1-11(2)6-13(9-18)20-17(23)12-7-16(22)21(10-12)14-4-3-5-15(8-14)26(19,24)25;/h3-5,8,11-13H,6-7,9-10,18H2,1-2H3,(H,20,23)(H2,19,24,25);1H. The van der Waals surface area contributed by atoms with Crippen LogP contribution in [0.1, 0.15) is 26.7 Å². The molecule has 10 heteroatoms. The summed E-state index contributed by atoms with van der Waals surface area (Å²) in [7, 11) is -3.86. The maximum atomic E-state index is 12.5. The SMILES string of the molecule is CC(C)CC(CN)NC(=O)C1CC(=O)N(c2cccc(S(N)(=O)=O)c2)C1.Cl. The van der Waals surface area contributed by atoms with E-state index in [0.29, 0.717) is 18.2 Å². The first kappa shape index (κ1) is 23.4. The first-order valence-electron chi connectivity index (χ1n) is 8.55. The number of primary sulfonamides is 1. The number of rotatable bonds is 7. The molecule has 0 radical (unpaired) electrons. The molecule has 2 atom stereocenters. The average Bonchev–Trinajstić information content (AvgIpc) is 2.95. The molecule has 0 bridgehead atoms. The summed E-state index contributed by atoms with van der Waals surface area (Å²) in [5.41, 5.74) is 6.12. The number of anilines is 1. The molecule has 0 spiro atoms. The van der Waals surface area contributed by atoms with Crippen molar-refractivity contribution in [3.63, 3.8) is 0 Å². The molecule has 0 aliphatic carbocycles. The summed E-state index contributed by atoms with van der Waals surface area (Å²) in [5, 5.41) is 8.05. The Morgan fingerprint density at radius 1 is 1.37 bits per heavy atom. The van der Waals surface area contributed by atoms with Crippen molar-refractivity contribution in [2.24, 2.45) is 22.7 Å². The molecule has 1 aliphatic rings. The van der Waals surface area contributed by atoms with Crippen LogP contribution in [0, 0.1) is 11.8 Å². The highest BCUT2D eigenvalue weighted by molar-refractivity contribution is 7.89. The van der Waals surface area contributed by atoms with Crippen molar-refractivity contribution in [2.75, 3.05) is 18.0 Å². The second kappa shape index (κ2) is 9.50. The average molecular weight is 419 g/mol. The number of nitrogens with zero attached hydrogens (tertiary/aromatic N) is 1. The van der Waals surface area contributed by atoms with Crippen molar-refractivity contribution in [1.29, 1.82) is 0 Å². The van der Waals surface area contributed by atoms with E-state index in [1.807, 2.05) is 13.8 Å². The highest BCUT2D eigenvalue weighted by Gasteiger charge is 2.36. The lowest BCUT2D eigenvalue weighted by molar-refractivity contribution is -0.127. The molecule has 152 valence electrons. The molecule has 1 aromatic rings. The number of sulfonamides is 1. The van der Waals surface area contributed by atoms with Crippen LogP contribution in [-0.2, 0) is 19.6 Å². The summed E-state index contributed by atoms with van der Waals surface area (Å²) in [6, 6.07) is 5.71. The Balaban J connectivity index is 0.00000364. The topological polar surface area (TPSA) is 136 Å². The molecule has 1 aliphatic heterocycles. The van der Waals surface area contributed by atoms with Gasteiger partial charge in [0.15, 0.2) is 0 Å². The van der Waals surface area contributed by atoms with E-state index in [0.717, 1.165) is 6.42 Å². The first-order chi connectivity index (χ1) is 12.1. The van der Waals surface area contributed by atoms with E-state index in [1.54, 1.807) is 6.07 Å². The lowest BCUT2D eigenvalue weighted by Crippen LogP contribution is -2.44. The fraction of sp³-hybridized carbons (Fsp3) is 0.529. The van der Waals surface area contributed by atoms with Crippen LogP contribution in [0.2, 0.25) is 0 Å². The van der Waals surface area contributed by atoms with Crippen LogP contribution in [0.5, 0.6) is 0 Å². The fourth-order valence-electron chi connectivity index (χ4n) is 3.06. The molecule has 5 N–H and O–H groups in total. The number of hydrogen-bond donors (Lipinski definition) is 3. The molecule has 1 saturated heterocycles. The molecular formula is C17H27ClN4O4S. The van der Waals surface area contributed by atoms with Gasteiger partial charge < -0.3 is 16.0 Å². The number of carbonyl (C=O) groups excluding carboxylic acids is 2. The normalized spacial score (nSPS) is 18.3.